The number of phenols is 1. The zero-order valence-electron chi connectivity index (χ0n) is 10.1. The smallest absolute Gasteiger partial charge is 0.419 e. The van der Waals surface area contributed by atoms with E-state index in [-0.39, 0.29) is 0 Å². The SMILES string of the molecule is O=c1oc2c([N+](=O)[O-])c(O)c([N+](=O)[O-])cc2c(O)c1[N+](=O)[O-]. The highest BCUT2D eigenvalue weighted by atomic mass is 16.6. The lowest BCUT2D eigenvalue weighted by Gasteiger charge is -2.03. The van der Waals surface area contributed by atoms with E-state index in [0.29, 0.717) is 6.07 Å². The minimum absolute atomic E-state index is 0.420. The zero-order chi connectivity index (χ0) is 16.8. The van der Waals surface area contributed by atoms with Gasteiger partial charge in [-0.15, -0.1) is 0 Å². The Labute approximate surface area is 117 Å². The number of hydrogen-bond donors (Lipinski definition) is 2. The van der Waals surface area contributed by atoms with Gasteiger partial charge in [0, 0.05) is 6.07 Å². The van der Waals surface area contributed by atoms with Gasteiger partial charge in [0.1, 0.15) is 0 Å². The van der Waals surface area contributed by atoms with Gasteiger partial charge in [0.05, 0.1) is 20.2 Å². The average molecular weight is 313 g/mol. The number of nitrogens with zero attached hydrogens (tertiary/aromatic N) is 3. The van der Waals surface area contributed by atoms with Gasteiger partial charge in [0.25, 0.3) is 5.75 Å². The summed E-state index contributed by atoms with van der Waals surface area (Å²) in [5.74, 6) is -2.76. The van der Waals surface area contributed by atoms with Crippen LogP contribution in [0.25, 0.3) is 11.0 Å². The highest BCUT2D eigenvalue weighted by Crippen LogP contribution is 2.45. The molecule has 1 heterocycles. The van der Waals surface area contributed by atoms with Crippen molar-refractivity contribution >= 4 is 28.0 Å². The molecule has 114 valence electrons. The molecule has 13 nitrogen and oxygen atoms in total. The van der Waals surface area contributed by atoms with Gasteiger partial charge in [0.15, 0.2) is 0 Å². The molecule has 0 amide bonds. The number of rotatable bonds is 3. The van der Waals surface area contributed by atoms with E-state index >= 15 is 0 Å². The molecule has 2 aromatic rings. The van der Waals surface area contributed by atoms with Crippen LogP contribution in [-0.2, 0) is 0 Å². The number of nitro groups is 3. The van der Waals surface area contributed by atoms with Crippen LogP contribution < -0.4 is 5.63 Å². The van der Waals surface area contributed by atoms with Gasteiger partial charge < -0.3 is 14.6 Å². The van der Waals surface area contributed by atoms with E-state index in [0.717, 1.165) is 0 Å². The van der Waals surface area contributed by atoms with Crippen molar-refractivity contribution in [3.05, 3.63) is 46.8 Å². The molecule has 0 spiro atoms. The first-order chi connectivity index (χ1) is 10.2. The number of benzene rings is 1. The molecule has 0 saturated carbocycles. The van der Waals surface area contributed by atoms with Crippen LogP contribution in [0.3, 0.4) is 0 Å². The molecule has 0 aliphatic heterocycles. The lowest BCUT2D eigenvalue weighted by molar-refractivity contribution is -0.395. The van der Waals surface area contributed by atoms with Gasteiger partial charge in [-0.3, -0.25) is 30.3 Å². The number of hydrogen-bond acceptors (Lipinski definition) is 10. The molecular formula is C9H3N3O10. The highest BCUT2D eigenvalue weighted by molar-refractivity contribution is 5.97. The first-order valence-electron chi connectivity index (χ1n) is 5.15. The third-order valence-electron chi connectivity index (χ3n) is 2.64. The molecule has 2 N–H and O–H groups in total. The quantitative estimate of drug-likeness (QED) is 0.466. The minimum atomic E-state index is -1.72. The Kier molecular flexibility index (Phi) is 3.10. The van der Waals surface area contributed by atoms with Crippen molar-refractivity contribution in [1.82, 2.24) is 0 Å². The molecule has 1 aromatic carbocycles. The third kappa shape index (κ3) is 1.92. The second-order valence-electron chi connectivity index (χ2n) is 3.83. The zero-order valence-corrected chi connectivity index (χ0v) is 10.1. The molecule has 2 rings (SSSR count). The Morgan fingerprint density at radius 2 is 1.45 bits per heavy atom. The fraction of sp³-hybridized carbons (Fsp3) is 0. The lowest BCUT2D eigenvalue weighted by Crippen LogP contribution is -2.08. The Hall–Kier alpha value is -3.77. The second kappa shape index (κ2) is 4.65. The Balaban J connectivity index is 3.14. The monoisotopic (exact) mass is 313 g/mol. The normalized spacial score (nSPS) is 10.5. The van der Waals surface area contributed by atoms with Crippen molar-refractivity contribution in [2.75, 3.05) is 0 Å². The Morgan fingerprint density at radius 1 is 0.909 bits per heavy atom. The maximum Gasteiger partial charge on any atom is 0.419 e. The molecule has 0 radical (unpaired) electrons. The van der Waals surface area contributed by atoms with Crippen LogP contribution in [0.4, 0.5) is 17.1 Å². The van der Waals surface area contributed by atoms with Crippen molar-refractivity contribution < 1.29 is 29.4 Å². The van der Waals surface area contributed by atoms with Gasteiger partial charge in [0.2, 0.25) is 11.3 Å². The molecule has 0 aliphatic carbocycles. The molecule has 0 atom stereocenters. The molecule has 0 fully saturated rings. The Morgan fingerprint density at radius 3 is 1.91 bits per heavy atom. The molecule has 0 bridgehead atoms. The summed E-state index contributed by atoms with van der Waals surface area (Å²) in [5, 5.41) is 50.7. The fourth-order valence-corrected chi connectivity index (χ4v) is 1.74. The summed E-state index contributed by atoms with van der Waals surface area (Å²) in [6.07, 6.45) is 0. The summed E-state index contributed by atoms with van der Waals surface area (Å²) in [6, 6.07) is 0.420. The maximum absolute atomic E-state index is 11.4. The van der Waals surface area contributed by atoms with Crippen LogP contribution in [-0.4, -0.2) is 25.0 Å². The summed E-state index contributed by atoms with van der Waals surface area (Å²) in [4.78, 5) is 39.9. The van der Waals surface area contributed by atoms with Crippen LogP contribution in [0.5, 0.6) is 11.5 Å². The molecule has 0 unspecified atom stereocenters. The Bertz CT molecular complexity index is 914. The van der Waals surface area contributed by atoms with Crippen LogP contribution in [0.2, 0.25) is 0 Å². The third-order valence-corrected chi connectivity index (χ3v) is 2.64. The molecule has 1 aromatic heterocycles. The van der Waals surface area contributed by atoms with Crippen molar-refractivity contribution in [3.8, 4) is 11.5 Å². The largest absolute Gasteiger partial charge is 0.501 e. The molecule has 0 saturated heterocycles. The van der Waals surface area contributed by atoms with Crippen LogP contribution in [0, 0.1) is 30.3 Å². The van der Waals surface area contributed by atoms with Crippen molar-refractivity contribution in [2.45, 2.75) is 0 Å². The molecule has 13 heteroatoms. The summed E-state index contributed by atoms with van der Waals surface area (Å²) >= 11 is 0. The number of phenolic OH excluding ortho intramolecular Hbond substituents is 1. The summed E-state index contributed by atoms with van der Waals surface area (Å²) in [5.41, 5.74) is -6.75. The first-order valence-corrected chi connectivity index (χ1v) is 5.15. The predicted molar refractivity (Wildman–Crippen MR) is 65.8 cm³/mol. The summed E-state index contributed by atoms with van der Waals surface area (Å²) in [7, 11) is 0. The van der Waals surface area contributed by atoms with E-state index in [9.17, 15) is 45.4 Å². The van der Waals surface area contributed by atoms with E-state index in [1.807, 2.05) is 0 Å². The van der Waals surface area contributed by atoms with E-state index < -0.39 is 59.9 Å². The summed E-state index contributed by atoms with van der Waals surface area (Å²) in [6.45, 7) is 0. The summed E-state index contributed by atoms with van der Waals surface area (Å²) < 4.78 is 4.36. The number of nitro benzene ring substituents is 2. The maximum atomic E-state index is 11.4. The van der Waals surface area contributed by atoms with Gasteiger partial charge >= 0.3 is 22.7 Å². The van der Waals surface area contributed by atoms with E-state index in [1.165, 1.54) is 0 Å². The van der Waals surface area contributed by atoms with Gasteiger partial charge in [-0.25, -0.2) is 4.79 Å². The molecular weight excluding hydrogens is 310 g/mol. The van der Waals surface area contributed by atoms with Gasteiger partial charge in [-0.05, 0) is 0 Å². The standard InChI is InChI=1S/C9H3N3O10/c13-6-2-1-3(10(16)17)7(14)4(11(18)19)8(2)22-9(15)5(6)12(20)21/h1,13-14H. The minimum Gasteiger partial charge on any atom is -0.501 e. The van der Waals surface area contributed by atoms with Crippen molar-refractivity contribution in [1.29, 1.82) is 0 Å². The molecule has 0 aliphatic rings. The topological polar surface area (TPSA) is 200 Å². The van der Waals surface area contributed by atoms with E-state index in [1.54, 1.807) is 0 Å². The number of aromatic hydroxyl groups is 2. The highest BCUT2D eigenvalue weighted by Gasteiger charge is 2.35. The predicted octanol–water partition coefficient (Wildman–Crippen LogP) is 0.929. The lowest BCUT2D eigenvalue weighted by atomic mass is 10.1. The average Bonchev–Trinajstić information content (AvgIpc) is 2.36. The molecule has 22 heavy (non-hydrogen) atoms. The second-order valence-corrected chi connectivity index (χ2v) is 3.83. The number of fused-ring (bicyclic) bond motifs is 1. The van der Waals surface area contributed by atoms with E-state index in [2.05, 4.69) is 4.42 Å². The first kappa shape index (κ1) is 14.6. The fourth-order valence-electron chi connectivity index (χ4n) is 1.74. The van der Waals surface area contributed by atoms with Gasteiger partial charge in [-0.1, -0.05) is 0 Å². The van der Waals surface area contributed by atoms with Crippen molar-refractivity contribution in [2.24, 2.45) is 0 Å². The van der Waals surface area contributed by atoms with Crippen molar-refractivity contribution in [3.63, 3.8) is 0 Å². The van der Waals surface area contributed by atoms with Crippen LogP contribution in [0.15, 0.2) is 15.3 Å². The van der Waals surface area contributed by atoms with Crippen LogP contribution >= 0.6 is 0 Å². The van der Waals surface area contributed by atoms with E-state index in [4.69, 9.17) is 0 Å². The van der Waals surface area contributed by atoms with Crippen LogP contribution in [0.1, 0.15) is 0 Å². The van der Waals surface area contributed by atoms with Gasteiger partial charge in [-0.2, -0.15) is 0 Å².